The molecule has 0 aromatic carbocycles. The summed E-state index contributed by atoms with van der Waals surface area (Å²) in [5.74, 6) is -0.693. The highest BCUT2D eigenvalue weighted by Gasteiger charge is 2.23. The van der Waals surface area contributed by atoms with Crippen molar-refractivity contribution in [2.75, 3.05) is 0 Å². The van der Waals surface area contributed by atoms with Gasteiger partial charge < -0.3 is 4.74 Å². The Kier molecular flexibility index (Phi) is 3.50. The van der Waals surface area contributed by atoms with Crippen molar-refractivity contribution in [3.05, 3.63) is 6.20 Å². The van der Waals surface area contributed by atoms with Gasteiger partial charge in [0.05, 0.1) is 0 Å². The van der Waals surface area contributed by atoms with Crippen LogP contribution in [0.25, 0.3) is 0 Å². The number of rotatable bonds is 4. The second-order valence-electron chi connectivity index (χ2n) is 2.47. The van der Waals surface area contributed by atoms with Crippen LogP contribution in [0.3, 0.4) is 0 Å². The summed E-state index contributed by atoms with van der Waals surface area (Å²) in [7, 11) is 0.874. The first-order valence-electron chi connectivity index (χ1n) is 3.81. The van der Waals surface area contributed by atoms with Gasteiger partial charge in [0.2, 0.25) is 0 Å². The fraction of sp³-hybridized carbons (Fsp3) is 0.500. The van der Waals surface area contributed by atoms with Crippen LogP contribution in [0.15, 0.2) is 11.1 Å². The minimum atomic E-state index is -4.14. The molecule has 15 heavy (non-hydrogen) atoms. The molecule has 0 bridgehead atoms. The summed E-state index contributed by atoms with van der Waals surface area (Å²) >= 11 is 0. The summed E-state index contributed by atoms with van der Waals surface area (Å²) in [6.45, 7) is -1.18. The first kappa shape index (κ1) is 12.2. The summed E-state index contributed by atoms with van der Waals surface area (Å²) in [6, 6.07) is 0. The summed E-state index contributed by atoms with van der Waals surface area (Å²) in [5.41, 5.74) is 0. The minimum Gasteiger partial charge on any atom is -0.414 e. The van der Waals surface area contributed by atoms with Crippen molar-refractivity contribution in [3.63, 3.8) is 0 Å². The van der Waals surface area contributed by atoms with Crippen LogP contribution in [-0.4, -0.2) is 24.8 Å². The fourth-order valence-electron chi connectivity index (χ4n) is 0.881. The van der Waals surface area contributed by atoms with Crippen LogP contribution in [0.4, 0.5) is 8.78 Å². The third-order valence-corrected chi connectivity index (χ3v) is 2.79. The van der Waals surface area contributed by atoms with Crippen molar-refractivity contribution in [1.29, 1.82) is 0 Å². The molecule has 1 heterocycles. The largest absolute Gasteiger partial charge is 0.414 e. The molecule has 0 atom stereocenters. The molecule has 1 aromatic heterocycles. The molecule has 0 N–H and O–H groups in total. The summed E-state index contributed by atoms with van der Waals surface area (Å²) in [6.07, 6.45) is 1.03. The van der Waals surface area contributed by atoms with Crippen molar-refractivity contribution in [2.45, 2.75) is 25.0 Å². The van der Waals surface area contributed by atoms with E-state index in [1.54, 1.807) is 6.92 Å². The van der Waals surface area contributed by atoms with Gasteiger partial charge in [0.1, 0.15) is 0 Å². The van der Waals surface area contributed by atoms with Gasteiger partial charge in [-0.15, -0.1) is 5.10 Å². The Morgan fingerprint density at radius 1 is 1.67 bits per heavy atom. The van der Waals surface area contributed by atoms with Crippen molar-refractivity contribution in [1.82, 2.24) is 9.78 Å². The molecule has 0 aliphatic carbocycles. The van der Waals surface area contributed by atoms with E-state index in [2.05, 4.69) is 9.84 Å². The second-order valence-corrected chi connectivity index (χ2v) is 5.00. The van der Waals surface area contributed by atoms with Crippen LogP contribution < -0.4 is 4.74 Å². The fourth-order valence-corrected chi connectivity index (χ4v) is 1.74. The number of halogens is 3. The van der Waals surface area contributed by atoms with Gasteiger partial charge >= 0.3 is 6.61 Å². The predicted molar refractivity (Wildman–Crippen MR) is 47.6 cm³/mol. The number of aromatic nitrogens is 2. The molecule has 0 spiro atoms. The van der Waals surface area contributed by atoms with E-state index in [1.807, 2.05) is 0 Å². The van der Waals surface area contributed by atoms with Gasteiger partial charge in [-0.3, -0.25) is 4.68 Å². The molecule has 0 saturated heterocycles. The second kappa shape index (κ2) is 4.31. The lowest BCUT2D eigenvalue weighted by molar-refractivity contribution is -0.0550. The van der Waals surface area contributed by atoms with E-state index < -0.39 is 26.4 Å². The van der Waals surface area contributed by atoms with Crippen LogP contribution in [-0.2, 0) is 15.6 Å². The van der Waals surface area contributed by atoms with E-state index in [0.717, 1.165) is 10.9 Å². The maximum absolute atomic E-state index is 11.9. The monoisotopic (exact) mass is 260 g/mol. The van der Waals surface area contributed by atoms with Crippen molar-refractivity contribution in [3.8, 4) is 5.88 Å². The van der Waals surface area contributed by atoms with Crippen LogP contribution in [0.1, 0.15) is 6.92 Å². The lowest BCUT2D eigenvalue weighted by atomic mass is 10.7. The van der Waals surface area contributed by atoms with Crippen molar-refractivity contribution < 1.29 is 21.9 Å². The van der Waals surface area contributed by atoms with Crippen LogP contribution >= 0.6 is 10.7 Å². The van der Waals surface area contributed by atoms with E-state index in [4.69, 9.17) is 10.7 Å². The Labute approximate surface area is 89.0 Å². The zero-order valence-electron chi connectivity index (χ0n) is 7.52. The highest BCUT2D eigenvalue weighted by Crippen LogP contribution is 2.26. The average Bonchev–Trinajstić information content (AvgIpc) is 2.45. The summed E-state index contributed by atoms with van der Waals surface area (Å²) in [4.78, 5) is -0.564. The minimum absolute atomic E-state index is 0.312. The average molecular weight is 261 g/mol. The van der Waals surface area contributed by atoms with Gasteiger partial charge in [0, 0.05) is 23.4 Å². The summed E-state index contributed by atoms with van der Waals surface area (Å²) < 4.78 is 50.7. The lowest BCUT2D eigenvalue weighted by Crippen LogP contribution is -2.05. The molecule has 1 rings (SSSR count). The third kappa shape index (κ3) is 3.03. The zero-order valence-corrected chi connectivity index (χ0v) is 9.10. The molecule has 5 nitrogen and oxygen atoms in total. The molecule has 0 amide bonds. The summed E-state index contributed by atoms with van der Waals surface area (Å²) in [5, 5.41) is 3.49. The molecule has 0 aliphatic heterocycles. The maximum Gasteiger partial charge on any atom is 0.388 e. The standard InChI is InChI=1S/C6H7ClF2N2O3S/c1-2-11-3-4(15(7,12)13)5(10-11)14-6(8)9/h3,6H,2H2,1H3. The quantitative estimate of drug-likeness (QED) is 0.769. The van der Waals surface area contributed by atoms with Crippen molar-refractivity contribution in [2.24, 2.45) is 0 Å². The number of alkyl halides is 2. The Bertz CT molecular complexity index is 445. The molecule has 0 fully saturated rings. The van der Waals surface area contributed by atoms with Gasteiger partial charge in [-0.2, -0.15) is 8.78 Å². The highest BCUT2D eigenvalue weighted by molar-refractivity contribution is 8.13. The van der Waals surface area contributed by atoms with Crippen molar-refractivity contribution >= 4 is 19.7 Å². The molecular formula is C6H7ClF2N2O3S. The van der Waals surface area contributed by atoms with E-state index in [-0.39, 0.29) is 0 Å². The smallest absolute Gasteiger partial charge is 0.388 e. The van der Waals surface area contributed by atoms with Gasteiger partial charge in [-0.25, -0.2) is 8.42 Å². The van der Waals surface area contributed by atoms with Gasteiger partial charge in [0.15, 0.2) is 4.90 Å². The predicted octanol–water partition coefficient (Wildman–Crippen LogP) is 1.43. The van der Waals surface area contributed by atoms with Gasteiger partial charge in [-0.05, 0) is 6.92 Å². The number of hydrogen-bond acceptors (Lipinski definition) is 4. The van der Waals surface area contributed by atoms with Gasteiger partial charge in [0.25, 0.3) is 14.9 Å². The number of nitrogens with zero attached hydrogens (tertiary/aromatic N) is 2. The molecule has 86 valence electrons. The molecule has 0 radical (unpaired) electrons. The lowest BCUT2D eigenvalue weighted by Gasteiger charge is -2.00. The van der Waals surface area contributed by atoms with Crippen LogP contribution in [0, 0.1) is 0 Å². The maximum atomic E-state index is 11.9. The highest BCUT2D eigenvalue weighted by atomic mass is 35.7. The molecular weight excluding hydrogens is 254 g/mol. The van der Waals surface area contributed by atoms with E-state index >= 15 is 0 Å². The molecule has 1 aromatic rings. The van der Waals surface area contributed by atoms with Crippen LogP contribution in [0.5, 0.6) is 5.88 Å². The molecule has 0 aliphatic rings. The van der Waals surface area contributed by atoms with E-state index in [9.17, 15) is 17.2 Å². The number of hydrogen-bond donors (Lipinski definition) is 0. The zero-order chi connectivity index (χ0) is 11.6. The van der Waals surface area contributed by atoms with E-state index in [0.29, 0.717) is 6.54 Å². The first-order valence-corrected chi connectivity index (χ1v) is 6.12. The van der Waals surface area contributed by atoms with E-state index in [1.165, 1.54) is 0 Å². The Morgan fingerprint density at radius 2 is 2.27 bits per heavy atom. The normalized spacial score (nSPS) is 12.1. The first-order chi connectivity index (χ1) is 6.84. The third-order valence-electron chi connectivity index (χ3n) is 1.48. The Balaban J connectivity index is 3.18. The molecule has 0 saturated carbocycles. The molecule has 9 heteroatoms. The van der Waals surface area contributed by atoms with Gasteiger partial charge in [-0.1, -0.05) is 0 Å². The number of aryl methyl sites for hydroxylation is 1. The molecule has 0 unspecified atom stereocenters. The number of ether oxygens (including phenoxy) is 1. The SMILES string of the molecule is CCn1cc(S(=O)(=O)Cl)c(OC(F)F)n1. The Morgan fingerprint density at radius 3 is 2.67 bits per heavy atom. The Hall–Kier alpha value is -0.890. The topological polar surface area (TPSA) is 61.2 Å². The van der Waals surface area contributed by atoms with Crippen LogP contribution in [0.2, 0.25) is 0 Å².